The van der Waals surface area contributed by atoms with Gasteiger partial charge in [-0.2, -0.15) is 0 Å². The number of nitrogens with zero attached hydrogens (tertiary/aromatic N) is 1. The zero-order chi connectivity index (χ0) is 11.6. The van der Waals surface area contributed by atoms with Crippen molar-refractivity contribution in [2.24, 2.45) is 0 Å². The summed E-state index contributed by atoms with van der Waals surface area (Å²) in [4.78, 5) is 34.4. The van der Waals surface area contributed by atoms with Gasteiger partial charge in [-0.25, -0.2) is 4.79 Å². The van der Waals surface area contributed by atoms with Crippen LogP contribution >= 0.6 is 0 Å². The maximum Gasteiger partial charge on any atom is 0.325 e. The number of carbonyl (C=O) groups excluding carboxylic acids is 2. The van der Waals surface area contributed by atoms with Gasteiger partial charge in [-0.3, -0.25) is 14.5 Å². The highest BCUT2D eigenvalue weighted by molar-refractivity contribution is 6.08. The number of aliphatic carboxylic acids is 1. The SMILES string of the molecule is CCC1(CC)NC(=O)N(CC(=O)O)C1=O. The van der Waals surface area contributed by atoms with E-state index in [-0.39, 0.29) is 0 Å². The predicted molar refractivity (Wildman–Crippen MR) is 51.2 cm³/mol. The van der Waals surface area contributed by atoms with Crippen LogP contribution in [0.1, 0.15) is 26.7 Å². The van der Waals surface area contributed by atoms with Gasteiger partial charge in [0, 0.05) is 0 Å². The smallest absolute Gasteiger partial charge is 0.325 e. The van der Waals surface area contributed by atoms with Crippen LogP contribution in [0.5, 0.6) is 0 Å². The largest absolute Gasteiger partial charge is 0.480 e. The molecule has 0 aromatic heterocycles. The molecule has 1 aliphatic heterocycles. The topological polar surface area (TPSA) is 86.7 Å². The molecule has 1 saturated heterocycles. The van der Waals surface area contributed by atoms with E-state index in [1.165, 1.54) is 0 Å². The first-order valence-electron chi connectivity index (χ1n) is 4.82. The fraction of sp³-hybridized carbons (Fsp3) is 0.667. The number of nitrogens with one attached hydrogen (secondary N) is 1. The highest BCUT2D eigenvalue weighted by Crippen LogP contribution is 2.24. The number of carboxylic acids is 1. The number of amides is 3. The van der Waals surface area contributed by atoms with Gasteiger partial charge in [-0.15, -0.1) is 0 Å². The molecule has 84 valence electrons. The Balaban J connectivity index is 2.91. The van der Waals surface area contributed by atoms with Crippen LogP contribution in [0.4, 0.5) is 4.79 Å². The van der Waals surface area contributed by atoms with Crippen molar-refractivity contribution in [3.63, 3.8) is 0 Å². The lowest BCUT2D eigenvalue weighted by atomic mass is 9.93. The molecular weight excluding hydrogens is 200 g/mol. The minimum atomic E-state index is -1.19. The fourth-order valence-electron chi connectivity index (χ4n) is 1.68. The number of carboxylic acid groups (broad SMARTS) is 1. The maximum absolute atomic E-state index is 11.8. The van der Waals surface area contributed by atoms with Crippen LogP contribution in [0.2, 0.25) is 0 Å². The third-order valence-corrected chi connectivity index (χ3v) is 2.75. The molecule has 2 N–H and O–H groups in total. The first-order chi connectivity index (χ1) is 6.96. The molecule has 0 bridgehead atoms. The number of rotatable bonds is 4. The lowest BCUT2D eigenvalue weighted by molar-refractivity contribution is -0.142. The zero-order valence-corrected chi connectivity index (χ0v) is 8.74. The Bertz CT molecular complexity index is 309. The molecule has 1 rings (SSSR count). The number of hydrogen-bond acceptors (Lipinski definition) is 3. The Morgan fingerprint density at radius 3 is 2.27 bits per heavy atom. The van der Waals surface area contributed by atoms with Gasteiger partial charge in [0.2, 0.25) is 0 Å². The van der Waals surface area contributed by atoms with Gasteiger partial charge in [0.25, 0.3) is 5.91 Å². The molecule has 1 aliphatic rings. The monoisotopic (exact) mass is 214 g/mol. The maximum atomic E-state index is 11.8. The van der Waals surface area contributed by atoms with E-state index in [9.17, 15) is 14.4 Å². The molecule has 6 heteroatoms. The van der Waals surface area contributed by atoms with Gasteiger partial charge in [0.15, 0.2) is 0 Å². The van der Waals surface area contributed by atoms with E-state index in [0.29, 0.717) is 12.8 Å². The van der Waals surface area contributed by atoms with Crippen molar-refractivity contribution in [3.05, 3.63) is 0 Å². The third-order valence-electron chi connectivity index (χ3n) is 2.75. The van der Waals surface area contributed by atoms with Crippen molar-refractivity contribution in [1.82, 2.24) is 10.2 Å². The molecule has 1 fully saturated rings. The highest BCUT2D eigenvalue weighted by Gasteiger charge is 2.49. The van der Waals surface area contributed by atoms with E-state index in [1.54, 1.807) is 13.8 Å². The van der Waals surface area contributed by atoms with Crippen molar-refractivity contribution in [2.75, 3.05) is 6.54 Å². The molecular formula is C9H14N2O4. The summed E-state index contributed by atoms with van der Waals surface area (Å²) in [7, 11) is 0. The van der Waals surface area contributed by atoms with E-state index in [1.807, 2.05) is 0 Å². The molecule has 0 spiro atoms. The summed E-state index contributed by atoms with van der Waals surface area (Å²) < 4.78 is 0. The number of carbonyl (C=O) groups is 3. The van der Waals surface area contributed by atoms with Crippen molar-refractivity contribution >= 4 is 17.9 Å². The Morgan fingerprint density at radius 2 is 1.93 bits per heavy atom. The first kappa shape index (κ1) is 11.5. The molecule has 15 heavy (non-hydrogen) atoms. The first-order valence-corrected chi connectivity index (χ1v) is 4.82. The summed E-state index contributed by atoms with van der Waals surface area (Å²) in [5, 5.41) is 11.1. The van der Waals surface area contributed by atoms with E-state index in [2.05, 4.69) is 5.32 Å². The minimum Gasteiger partial charge on any atom is -0.480 e. The average molecular weight is 214 g/mol. The van der Waals surface area contributed by atoms with Gasteiger partial charge >= 0.3 is 12.0 Å². The molecule has 1 heterocycles. The summed E-state index contributed by atoms with van der Waals surface area (Å²) in [5.74, 6) is -1.64. The lowest BCUT2D eigenvalue weighted by Crippen LogP contribution is -2.46. The van der Waals surface area contributed by atoms with Crippen LogP contribution in [0, 0.1) is 0 Å². The molecule has 0 aromatic carbocycles. The summed E-state index contributed by atoms with van der Waals surface area (Å²) in [6.45, 7) is 2.99. The molecule has 0 saturated carbocycles. The molecule has 6 nitrogen and oxygen atoms in total. The van der Waals surface area contributed by atoms with Crippen LogP contribution in [0.25, 0.3) is 0 Å². The molecule has 0 atom stereocenters. The Hall–Kier alpha value is -1.59. The predicted octanol–water partition coefficient (Wildman–Crippen LogP) is 0.182. The Kier molecular flexibility index (Phi) is 2.97. The van der Waals surface area contributed by atoms with Gasteiger partial charge in [-0.05, 0) is 12.8 Å². The van der Waals surface area contributed by atoms with E-state index in [0.717, 1.165) is 4.90 Å². The molecule has 3 amide bonds. The third kappa shape index (κ3) is 1.79. The number of imide groups is 1. The van der Waals surface area contributed by atoms with Gasteiger partial charge in [-0.1, -0.05) is 13.8 Å². The van der Waals surface area contributed by atoms with Gasteiger partial charge in [0.05, 0.1) is 0 Å². The summed E-state index contributed by atoms with van der Waals surface area (Å²) >= 11 is 0. The second-order valence-electron chi connectivity index (χ2n) is 3.50. The lowest BCUT2D eigenvalue weighted by Gasteiger charge is -2.22. The van der Waals surface area contributed by atoms with Crippen LogP contribution in [0.3, 0.4) is 0 Å². The van der Waals surface area contributed by atoms with Crippen molar-refractivity contribution < 1.29 is 19.5 Å². The average Bonchev–Trinajstić information content (AvgIpc) is 2.42. The summed E-state index contributed by atoms with van der Waals surface area (Å²) in [6.07, 6.45) is 0.925. The van der Waals surface area contributed by atoms with Crippen molar-refractivity contribution in [2.45, 2.75) is 32.2 Å². The second kappa shape index (κ2) is 3.88. The standard InChI is InChI=1S/C9H14N2O4/c1-3-9(4-2)7(14)11(5-6(12)13)8(15)10-9/h3-5H2,1-2H3,(H,10,15)(H,12,13). The Morgan fingerprint density at radius 1 is 1.40 bits per heavy atom. The normalized spacial score (nSPS) is 19.2. The summed E-state index contributed by atoms with van der Waals surface area (Å²) in [6, 6.07) is -0.619. The second-order valence-corrected chi connectivity index (χ2v) is 3.50. The minimum absolute atomic E-state index is 0.445. The van der Waals surface area contributed by atoms with Crippen LogP contribution in [-0.4, -0.2) is 40.0 Å². The van der Waals surface area contributed by atoms with E-state index >= 15 is 0 Å². The Labute approximate surface area is 87.2 Å². The van der Waals surface area contributed by atoms with Crippen LogP contribution in [-0.2, 0) is 9.59 Å². The van der Waals surface area contributed by atoms with Crippen LogP contribution in [0.15, 0.2) is 0 Å². The summed E-state index contributed by atoms with van der Waals surface area (Å²) in [5.41, 5.74) is -0.910. The molecule has 0 unspecified atom stereocenters. The van der Waals surface area contributed by atoms with E-state index < -0.39 is 30.0 Å². The highest BCUT2D eigenvalue weighted by atomic mass is 16.4. The zero-order valence-electron chi connectivity index (χ0n) is 8.74. The number of urea groups is 1. The van der Waals surface area contributed by atoms with Crippen molar-refractivity contribution in [3.8, 4) is 0 Å². The molecule has 0 radical (unpaired) electrons. The number of hydrogen-bond donors (Lipinski definition) is 2. The van der Waals surface area contributed by atoms with Gasteiger partial charge < -0.3 is 10.4 Å². The molecule has 0 aromatic rings. The van der Waals surface area contributed by atoms with E-state index in [4.69, 9.17) is 5.11 Å². The molecule has 0 aliphatic carbocycles. The van der Waals surface area contributed by atoms with Crippen LogP contribution < -0.4 is 5.32 Å². The quantitative estimate of drug-likeness (QED) is 0.653. The van der Waals surface area contributed by atoms with Gasteiger partial charge in [0.1, 0.15) is 12.1 Å². The fourth-order valence-corrected chi connectivity index (χ4v) is 1.68. The van der Waals surface area contributed by atoms with Crippen molar-refractivity contribution in [1.29, 1.82) is 0 Å².